The molecule has 1 fully saturated rings. The third-order valence-electron chi connectivity index (χ3n) is 6.51. The molecule has 0 saturated carbocycles. The zero-order chi connectivity index (χ0) is 25.3. The fourth-order valence-corrected chi connectivity index (χ4v) is 5.10. The summed E-state index contributed by atoms with van der Waals surface area (Å²) in [5.41, 5.74) is 1.90. The Labute approximate surface area is 215 Å². The van der Waals surface area contributed by atoms with E-state index >= 15 is 0 Å². The topological polar surface area (TPSA) is 50.2 Å². The van der Waals surface area contributed by atoms with E-state index in [9.17, 15) is 18.0 Å². The minimum Gasteiger partial charge on any atom is -0.325 e. The molecule has 0 bridgehead atoms. The van der Waals surface area contributed by atoms with Crippen LogP contribution >= 0.6 is 15.9 Å². The molecule has 1 saturated heterocycles. The number of piperidine rings is 1. The van der Waals surface area contributed by atoms with Gasteiger partial charge in [0.1, 0.15) is 5.82 Å². The normalized spacial score (nSPS) is 15.3. The van der Waals surface area contributed by atoms with Crippen molar-refractivity contribution in [3.63, 3.8) is 0 Å². The Morgan fingerprint density at radius 3 is 2.47 bits per heavy atom. The highest BCUT2D eigenvalue weighted by atomic mass is 79.9. The number of alkyl halides is 3. The number of halogens is 4. The van der Waals surface area contributed by atoms with E-state index in [1.54, 1.807) is 0 Å². The number of rotatable bonds is 5. The zero-order valence-corrected chi connectivity index (χ0v) is 20.9. The quantitative estimate of drug-likeness (QED) is 0.299. The van der Waals surface area contributed by atoms with Crippen LogP contribution in [0.3, 0.4) is 0 Å². The molecule has 3 aromatic carbocycles. The average molecular weight is 557 g/mol. The second-order valence-electron chi connectivity index (χ2n) is 8.92. The van der Waals surface area contributed by atoms with Crippen LogP contribution in [0.4, 0.5) is 18.9 Å². The van der Waals surface area contributed by atoms with Crippen LogP contribution in [0, 0.1) is 5.92 Å². The number of benzene rings is 3. The van der Waals surface area contributed by atoms with E-state index < -0.39 is 11.7 Å². The lowest BCUT2D eigenvalue weighted by Gasteiger charge is -2.31. The standard InChI is InChI=1S/C27H24BrF3N4O/c28-19-6-5-7-20(16-19)35-24-11-4-3-10-23(24)32-25(35)17-34-14-12-18(13-15-34)26(36)33-22-9-2-1-8-21(22)27(29,30)31/h1-11,16,18H,12-15,17H2,(H,33,36). The number of anilines is 1. The second kappa shape index (κ2) is 10.1. The average Bonchev–Trinajstić information content (AvgIpc) is 3.22. The van der Waals surface area contributed by atoms with Gasteiger partial charge in [-0.1, -0.05) is 46.3 Å². The summed E-state index contributed by atoms with van der Waals surface area (Å²) in [5.74, 6) is 0.190. The van der Waals surface area contributed by atoms with Crippen molar-refractivity contribution < 1.29 is 18.0 Å². The molecular weight excluding hydrogens is 533 g/mol. The van der Waals surface area contributed by atoms with Crippen LogP contribution in [-0.2, 0) is 17.5 Å². The van der Waals surface area contributed by atoms with Crippen molar-refractivity contribution >= 4 is 38.6 Å². The summed E-state index contributed by atoms with van der Waals surface area (Å²) in [6, 6.07) is 21.1. The van der Waals surface area contributed by atoms with Crippen LogP contribution in [0.25, 0.3) is 16.7 Å². The van der Waals surface area contributed by atoms with Crippen molar-refractivity contribution in [2.24, 2.45) is 5.92 Å². The molecular formula is C27H24BrF3N4O. The number of fused-ring (bicyclic) bond motifs is 1. The Hall–Kier alpha value is -3.17. The number of para-hydroxylation sites is 3. The van der Waals surface area contributed by atoms with Crippen molar-refractivity contribution in [1.82, 2.24) is 14.5 Å². The number of hydrogen-bond acceptors (Lipinski definition) is 3. The molecule has 2 heterocycles. The first-order chi connectivity index (χ1) is 17.3. The molecule has 1 aliphatic heterocycles. The van der Waals surface area contributed by atoms with Gasteiger partial charge in [0, 0.05) is 16.1 Å². The van der Waals surface area contributed by atoms with E-state index in [2.05, 4.69) is 30.7 Å². The molecule has 36 heavy (non-hydrogen) atoms. The van der Waals surface area contributed by atoms with Crippen LogP contribution < -0.4 is 5.32 Å². The number of nitrogens with one attached hydrogen (secondary N) is 1. The van der Waals surface area contributed by atoms with Crippen LogP contribution in [0.2, 0.25) is 0 Å². The van der Waals surface area contributed by atoms with E-state index in [1.165, 1.54) is 18.2 Å². The minimum atomic E-state index is -4.52. The molecule has 5 rings (SSSR count). The van der Waals surface area contributed by atoms with Gasteiger partial charge in [0.2, 0.25) is 5.91 Å². The summed E-state index contributed by atoms with van der Waals surface area (Å²) >= 11 is 3.55. The van der Waals surface area contributed by atoms with Gasteiger partial charge in [0.05, 0.1) is 28.8 Å². The van der Waals surface area contributed by atoms with Gasteiger partial charge >= 0.3 is 6.18 Å². The molecule has 0 radical (unpaired) electrons. The van der Waals surface area contributed by atoms with E-state index in [4.69, 9.17) is 4.98 Å². The number of aromatic nitrogens is 2. The number of amides is 1. The van der Waals surface area contributed by atoms with Crippen molar-refractivity contribution in [1.29, 1.82) is 0 Å². The van der Waals surface area contributed by atoms with Gasteiger partial charge in [-0.05, 0) is 68.4 Å². The fourth-order valence-electron chi connectivity index (χ4n) is 4.71. The summed E-state index contributed by atoms with van der Waals surface area (Å²) in [5, 5.41) is 2.51. The van der Waals surface area contributed by atoms with Crippen molar-refractivity contribution in [3.05, 3.63) is 88.7 Å². The highest BCUT2D eigenvalue weighted by molar-refractivity contribution is 9.10. The summed E-state index contributed by atoms with van der Waals surface area (Å²) < 4.78 is 43.0. The maximum atomic E-state index is 13.3. The molecule has 1 amide bonds. The minimum absolute atomic E-state index is 0.194. The summed E-state index contributed by atoms with van der Waals surface area (Å²) in [7, 11) is 0. The Morgan fingerprint density at radius 1 is 1.00 bits per heavy atom. The fraction of sp³-hybridized carbons (Fsp3) is 0.259. The highest BCUT2D eigenvalue weighted by Crippen LogP contribution is 2.35. The lowest BCUT2D eigenvalue weighted by molar-refractivity contribution is -0.137. The van der Waals surface area contributed by atoms with Crippen LogP contribution in [0.15, 0.2) is 77.3 Å². The Morgan fingerprint density at radius 2 is 1.72 bits per heavy atom. The third-order valence-corrected chi connectivity index (χ3v) is 7.00. The van der Waals surface area contributed by atoms with Gasteiger partial charge in [0.25, 0.3) is 0 Å². The van der Waals surface area contributed by atoms with E-state index in [1.807, 2.05) is 48.5 Å². The molecule has 1 N–H and O–H groups in total. The van der Waals surface area contributed by atoms with Crippen LogP contribution in [0.1, 0.15) is 24.2 Å². The number of hydrogen-bond donors (Lipinski definition) is 1. The van der Waals surface area contributed by atoms with E-state index in [0.717, 1.165) is 33.1 Å². The number of carbonyl (C=O) groups excluding carboxylic acids is 1. The van der Waals surface area contributed by atoms with E-state index in [-0.39, 0.29) is 17.5 Å². The van der Waals surface area contributed by atoms with Crippen LogP contribution in [-0.4, -0.2) is 33.4 Å². The first-order valence-electron chi connectivity index (χ1n) is 11.7. The Bertz CT molecular complexity index is 1390. The number of carbonyl (C=O) groups is 1. The summed E-state index contributed by atoms with van der Waals surface area (Å²) in [6.45, 7) is 1.91. The third kappa shape index (κ3) is 5.17. The van der Waals surface area contributed by atoms with Crippen molar-refractivity contribution in [2.45, 2.75) is 25.6 Å². The molecule has 5 nitrogen and oxygen atoms in total. The monoisotopic (exact) mass is 556 g/mol. The van der Waals surface area contributed by atoms with Crippen molar-refractivity contribution in [2.75, 3.05) is 18.4 Å². The molecule has 4 aromatic rings. The first-order valence-corrected chi connectivity index (χ1v) is 12.5. The summed E-state index contributed by atoms with van der Waals surface area (Å²) in [4.78, 5) is 19.9. The van der Waals surface area contributed by atoms with Gasteiger partial charge in [-0.3, -0.25) is 14.3 Å². The molecule has 186 valence electrons. The molecule has 0 unspecified atom stereocenters. The van der Waals surface area contributed by atoms with Gasteiger partial charge in [0.15, 0.2) is 0 Å². The van der Waals surface area contributed by atoms with Gasteiger partial charge in [-0.2, -0.15) is 13.2 Å². The second-order valence-corrected chi connectivity index (χ2v) is 9.83. The van der Waals surface area contributed by atoms with Crippen molar-refractivity contribution in [3.8, 4) is 5.69 Å². The first kappa shape index (κ1) is 24.5. The SMILES string of the molecule is O=C(Nc1ccccc1C(F)(F)F)C1CCN(Cc2nc3ccccc3n2-c2cccc(Br)c2)CC1. The molecule has 9 heteroatoms. The number of nitrogens with zero attached hydrogens (tertiary/aromatic N) is 3. The number of likely N-dealkylation sites (tertiary alicyclic amines) is 1. The lowest BCUT2D eigenvalue weighted by atomic mass is 9.95. The Kier molecular flexibility index (Phi) is 6.85. The highest BCUT2D eigenvalue weighted by Gasteiger charge is 2.34. The van der Waals surface area contributed by atoms with Gasteiger partial charge < -0.3 is 5.32 Å². The lowest BCUT2D eigenvalue weighted by Crippen LogP contribution is -2.38. The largest absolute Gasteiger partial charge is 0.418 e. The molecule has 0 spiro atoms. The van der Waals surface area contributed by atoms with Gasteiger partial charge in [-0.25, -0.2) is 4.98 Å². The molecule has 1 aliphatic rings. The van der Waals surface area contributed by atoms with Gasteiger partial charge in [-0.15, -0.1) is 0 Å². The molecule has 1 aromatic heterocycles. The predicted molar refractivity (Wildman–Crippen MR) is 137 cm³/mol. The number of imidazole rings is 1. The molecule has 0 aliphatic carbocycles. The summed E-state index contributed by atoms with van der Waals surface area (Å²) in [6.07, 6.45) is -3.39. The molecule has 0 atom stereocenters. The Balaban J connectivity index is 1.29. The maximum absolute atomic E-state index is 13.3. The predicted octanol–water partition coefficient (Wildman–Crippen LogP) is 6.66. The maximum Gasteiger partial charge on any atom is 0.418 e. The van der Waals surface area contributed by atoms with E-state index in [0.29, 0.717) is 32.5 Å². The smallest absolute Gasteiger partial charge is 0.325 e. The van der Waals surface area contributed by atoms with Crippen LogP contribution in [0.5, 0.6) is 0 Å². The zero-order valence-electron chi connectivity index (χ0n) is 19.3.